The van der Waals surface area contributed by atoms with Crippen LogP contribution in [0.3, 0.4) is 0 Å². The molecule has 6 N–H and O–H groups in total. The number of aromatic amines is 1. The van der Waals surface area contributed by atoms with Crippen LogP contribution in [0.4, 0.5) is 13.2 Å². The second kappa shape index (κ2) is 39.7. The minimum Gasteiger partial charge on any atom is -0.481 e. The van der Waals surface area contributed by atoms with Crippen LogP contribution < -0.4 is 5.73 Å². The lowest BCUT2D eigenvalue weighted by Gasteiger charge is -2.36. The molecule has 0 spiro atoms. The average Bonchev–Trinajstić information content (AvgIpc) is 1.62. The predicted molar refractivity (Wildman–Crippen MR) is 471 cm³/mol. The first-order valence-electron chi connectivity index (χ1n) is 39.8. The van der Waals surface area contributed by atoms with Crippen LogP contribution in [0.25, 0.3) is 67.7 Å². The highest BCUT2D eigenvalue weighted by atomic mass is 32.2. The van der Waals surface area contributed by atoms with E-state index in [0.717, 1.165) is 51.8 Å². The minimum atomic E-state index is -1.33. The molecule has 0 aliphatic rings. The Morgan fingerprint density at radius 2 is 0.789 bits per heavy atom. The number of nitrogens with two attached hydrogens (primary N) is 1. The van der Waals surface area contributed by atoms with Crippen LogP contribution in [-0.4, -0.2) is 138 Å². The zero-order valence-corrected chi connectivity index (χ0v) is 71.0. The summed E-state index contributed by atoms with van der Waals surface area (Å²) in [5, 5.41) is 46.0. The zero-order valence-electron chi connectivity index (χ0n) is 70.2. The Bertz CT molecular complexity index is 5940. The van der Waals surface area contributed by atoms with Gasteiger partial charge in [0.25, 0.3) is 0 Å². The largest absolute Gasteiger partial charge is 0.481 e. The number of carbonyl (C=O) groups is 3. The van der Waals surface area contributed by atoms with Gasteiger partial charge in [-0.3, -0.25) is 23.7 Å². The van der Waals surface area contributed by atoms with Gasteiger partial charge in [0.15, 0.2) is 34.4 Å². The number of aliphatic carboxylic acids is 3. The van der Waals surface area contributed by atoms with Gasteiger partial charge in [-0.1, -0.05) is 244 Å². The molecule has 0 aliphatic heterocycles. The van der Waals surface area contributed by atoms with E-state index in [9.17, 15) is 42.0 Å². The number of aromatic nitrogens is 15. The molecular weight excluding hydrogens is 1580 g/mol. The summed E-state index contributed by atoms with van der Waals surface area (Å²) in [6, 6.07) is 69.4. The van der Waals surface area contributed by atoms with Crippen molar-refractivity contribution in [3.63, 3.8) is 0 Å². The number of halogens is 3. The van der Waals surface area contributed by atoms with Gasteiger partial charge in [0.1, 0.15) is 50.6 Å². The molecule has 0 fully saturated rings. The topological polar surface area (TPSA) is 348 Å². The fourth-order valence-corrected chi connectivity index (χ4v) is 14.7. The van der Waals surface area contributed by atoms with Gasteiger partial charge in [0.05, 0.1) is 52.0 Å². The second-order valence-corrected chi connectivity index (χ2v) is 33.9. The van der Waals surface area contributed by atoms with Crippen molar-refractivity contribution < 1.29 is 47.1 Å². The van der Waals surface area contributed by atoms with Gasteiger partial charge in [-0.25, -0.2) is 67.4 Å². The Labute approximate surface area is 713 Å². The zero-order chi connectivity index (χ0) is 88.4. The maximum absolute atomic E-state index is 14.9. The van der Waals surface area contributed by atoms with E-state index in [1.165, 1.54) is 36.8 Å². The maximum Gasteiger partial charge on any atom is 0.304 e. The average molecular weight is 1680 g/mol. The molecule has 9 aromatic heterocycles. The predicted octanol–water partition coefficient (Wildman–Crippen LogP) is 17.9. The Kier molecular flexibility index (Phi) is 29.1. The summed E-state index contributed by atoms with van der Waals surface area (Å²) in [5.41, 5.74) is 12.7. The van der Waals surface area contributed by atoms with Gasteiger partial charge < -0.3 is 26.0 Å². The number of pyridine rings is 3. The Hall–Kier alpha value is -13.6. The lowest BCUT2D eigenvalue weighted by molar-refractivity contribution is -0.140. The van der Waals surface area contributed by atoms with Crippen molar-refractivity contribution >= 4 is 68.5 Å². The van der Waals surface area contributed by atoms with E-state index in [1.54, 1.807) is 36.8 Å². The van der Waals surface area contributed by atoms with Gasteiger partial charge >= 0.3 is 17.9 Å². The molecule has 0 saturated carbocycles. The van der Waals surface area contributed by atoms with Crippen molar-refractivity contribution in [1.82, 2.24) is 74.6 Å². The van der Waals surface area contributed by atoms with Gasteiger partial charge in [-0.15, -0.1) is 0 Å². The van der Waals surface area contributed by atoms with E-state index in [1.807, 2.05) is 224 Å². The fraction of sp³-hybridized carbons (Fsp3) is 0.263. The number of aliphatic imine (C=N–C) groups is 1. The number of H-pyrrole nitrogens is 1. The van der Waals surface area contributed by atoms with Gasteiger partial charge in [-0.2, -0.15) is 15.3 Å². The summed E-state index contributed by atoms with van der Waals surface area (Å²) in [5.74, 6) is -3.29. The molecule has 632 valence electrons. The highest BCUT2D eigenvalue weighted by molar-refractivity contribution is 7.84. The van der Waals surface area contributed by atoms with Crippen LogP contribution in [0.5, 0.6) is 0 Å². The number of hydrogen-bond donors (Lipinski definition) is 5. The molecule has 4 atom stereocenters. The summed E-state index contributed by atoms with van der Waals surface area (Å²) < 4.78 is 58.9. The van der Waals surface area contributed by atoms with Crippen molar-refractivity contribution in [1.29, 1.82) is 0 Å². The molecule has 28 heteroatoms. The Morgan fingerprint density at radius 1 is 0.463 bits per heavy atom. The number of carboxylic acids is 3. The molecule has 24 nitrogen and oxygen atoms in total. The van der Waals surface area contributed by atoms with Crippen LogP contribution in [0.2, 0.25) is 0 Å². The summed E-state index contributed by atoms with van der Waals surface area (Å²) in [7, 11) is -1.33. The molecule has 0 radical (unpaired) electrons. The third-order valence-electron chi connectivity index (χ3n) is 21.1. The molecule has 0 saturated heterocycles. The van der Waals surface area contributed by atoms with E-state index < -0.39 is 57.2 Å². The second-order valence-electron chi connectivity index (χ2n) is 32.6. The number of nitrogens with zero attached hydrogens (tertiary/aromatic N) is 15. The van der Waals surface area contributed by atoms with E-state index in [2.05, 4.69) is 98.2 Å². The highest BCUT2D eigenvalue weighted by Crippen LogP contribution is 2.46. The van der Waals surface area contributed by atoms with Crippen LogP contribution in [0.15, 0.2) is 266 Å². The first-order chi connectivity index (χ1) is 58.7. The molecule has 0 bridgehead atoms. The minimum absolute atomic E-state index is 0.0171. The first kappa shape index (κ1) is 90.2. The monoisotopic (exact) mass is 1680 g/mol. The lowest BCUT2D eigenvalue weighted by Crippen LogP contribution is -2.38. The molecule has 0 aliphatic carbocycles. The number of hydrogen-bond acceptors (Lipinski definition) is 18. The number of benzene rings is 6. The number of fused-ring (bicyclic) bond motifs is 3. The quantitative estimate of drug-likeness (QED) is 0.0226. The van der Waals surface area contributed by atoms with Crippen LogP contribution >= 0.6 is 0 Å². The van der Waals surface area contributed by atoms with Crippen molar-refractivity contribution in [2.24, 2.45) is 38.8 Å². The molecule has 9 heterocycles. The fourth-order valence-electron chi connectivity index (χ4n) is 14.3. The first-order valence-corrected chi connectivity index (χ1v) is 41.4. The smallest absolute Gasteiger partial charge is 0.304 e. The van der Waals surface area contributed by atoms with Gasteiger partial charge in [0.2, 0.25) is 0 Å². The van der Waals surface area contributed by atoms with Crippen LogP contribution in [0.1, 0.15) is 133 Å². The Morgan fingerprint density at radius 3 is 1.11 bits per heavy atom. The lowest BCUT2D eigenvalue weighted by atomic mass is 9.76. The molecule has 15 aromatic rings. The van der Waals surface area contributed by atoms with E-state index in [0.29, 0.717) is 85.4 Å². The third kappa shape index (κ3) is 21.4. The highest BCUT2D eigenvalue weighted by Gasteiger charge is 2.44. The molecular formula is C95H98F3N17O7S. The standard InChI is InChI=1S/C37H34FN5O2.C30H22FN5OS.C18H20FN5O2.C7H15NO2.C3H7N/c1-36(2,3)28(22-32(44)45)21-30-19-20-39-34(41-30)33-31-23-29(38)24-40-35(31)43(42-33)37(25-13-7-4-8-14-25,26-15-9-5-10-16-26)27-17-11-6-12-18-27;1-38(37)26-17-18-32-28(34-26)27-25-19-24(31)20-33-29(25)36(35-27)30(21-11-5-2-6-12-21,22-13-7-3-8-14-22)23-15-9-4-10-16-23;1-18(2,3)10(7-14(25)26)6-12-4-5-20-17(22-12)15-13-8-11(19)9-21-16(13)24-23-15;1-7(2,3)5(8)4-6(9)10;1-3-4-2/h4-20,23-24,28H,21-22H2,1-3H3,(H,44,45);2-20H,1H3;4-5,8-10H,6-7H2,1-3H3,(H,25,26)(H,21,23,24);5H,4,8H2,1-3H3,(H,9,10);2-3H2,1H3/t28-;;10-;5-;/m1.11./s1. The van der Waals surface area contributed by atoms with E-state index in [-0.39, 0.29) is 59.2 Å². The molecule has 15 rings (SSSR count). The van der Waals surface area contributed by atoms with Gasteiger partial charge in [-0.05, 0) is 124 Å². The third-order valence-corrected chi connectivity index (χ3v) is 21.9. The molecule has 1 unspecified atom stereocenters. The van der Waals surface area contributed by atoms with Crippen molar-refractivity contribution in [2.45, 2.75) is 123 Å². The van der Waals surface area contributed by atoms with Crippen molar-refractivity contribution in [3.8, 4) is 34.6 Å². The van der Waals surface area contributed by atoms with Crippen molar-refractivity contribution in [3.05, 3.63) is 318 Å². The number of carboxylic acid groups (broad SMARTS) is 3. The molecule has 6 aromatic carbocycles. The normalized spacial score (nSPS) is 12.7. The van der Waals surface area contributed by atoms with E-state index >= 15 is 0 Å². The van der Waals surface area contributed by atoms with Crippen LogP contribution in [-0.2, 0) is 49.1 Å². The van der Waals surface area contributed by atoms with E-state index in [4.69, 9.17) is 26.0 Å². The molecule has 123 heavy (non-hydrogen) atoms. The maximum atomic E-state index is 14.9. The number of rotatable bonds is 23. The summed E-state index contributed by atoms with van der Waals surface area (Å²) in [6.07, 6.45) is 10.9. The van der Waals surface area contributed by atoms with Crippen LogP contribution in [0, 0.1) is 45.5 Å². The SMILES string of the molecule is C=NCC.CC(C)(C)[C@@H](CC(=O)O)Cc1ccnc(-c2[nH]nc3ncc(F)cc23)n1.CC(C)(C)[C@@H](CC(=O)O)Cc1ccnc(-c2nn(C(c3ccccc3)(c3ccccc3)c3ccccc3)c3ncc(F)cc23)n1.CC(C)(C)[C@H](N)CC(=O)O.CS(=O)c1ccnc(-c2nn(C(c3ccccc3)(c3ccccc3)c3ccccc3)c3ncc(F)cc23)n1. The van der Waals surface area contributed by atoms with Gasteiger partial charge in [0, 0.05) is 61.7 Å². The summed E-state index contributed by atoms with van der Waals surface area (Å²) >= 11 is 0. The molecule has 0 amide bonds. The summed E-state index contributed by atoms with van der Waals surface area (Å²) in [4.78, 5) is 76.7. The number of nitrogens with one attached hydrogen (secondary N) is 1. The van der Waals surface area contributed by atoms with Crippen molar-refractivity contribution in [2.75, 3.05) is 12.8 Å². The summed E-state index contributed by atoms with van der Waals surface area (Å²) in [6.45, 7) is 23.9. The Balaban J connectivity index is 0.000000171.